The Bertz CT molecular complexity index is 1080. The number of aliphatic hydroxyl groups is 1. The van der Waals surface area contributed by atoms with Crippen LogP contribution in [0.25, 0.3) is 11.0 Å². The molecule has 2 aromatic heterocycles. The second-order valence-corrected chi connectivity index (χ2v) is 9.11. The Morgan fingerprint density at radius 2 is 2.07 bits per heavy atom. The maximum Gasteiger partial charge on any atom is 0.481 e. The summed E-state index contributed by atoms with van der Waals surface area (Å²) in [5.41, 5.74) is 3.20. The summed E-state index contributed by atoms with van der Waals surface area (Å²) in [6, 6.07) is 1.35. The average molecular weight is 458 g/mol. The van der Waals surface area contributed by atoms with E-state index in [1.54, 1.807) is 0 Å². The Morgan fingerprint density at radius 3 is 2.69 bits per heavy atom. The second kappa shape index (κ2) is 7.23. The van der Waals surface area contributed by atoms with Crippen LogP contribution in [0.5, 0.6) is 0 Å². The van der Waals surface area contributed by atoms with Crippen LogP contribution in [0, 0.1) is 0 Å². The van der Waals surface area contributed by atoms with Gasteiger partial charge in [0.2, 0.25) is 11.8 Å². The van der Waals surface area contributed by atoms with Gasteiger partial charge in [0, 0.05) is 19.0 Å². The zero-order chi connectivity index (χ0) is 21.7. The topological polar surface area (TPSA) is 219 Å². The van der Waals surface area contributed by atoms with E-state index in [1.807, 2.05) is 0 Å². The van der Waals surface area contributed by atoms with Gasteiger partial charge in [-0.05, 0) is 6.07 Å². The first-order valence-electron chi connectivity index (χ1n) is 7.90. The maximum atomic E-state index is 15.0. The molecule has 0 radical (unpaired) electrons. The van der Waals surface area contributed by atoms with E-state index in [0.717, 1.165) is 0 Å². The van der Waals surface area contributed by atoms with Crippen LogP contribution in [-0.2, 0) is 28.4 Å². The number of hydrogen-bond donors (Lipinski definition) is 6. The Labute approximate surface area is 160 Å². The lowest BCUT2D eigenvalue weighted by atomic mass is 10.1. The molecule has 0 saturated carbocycles. The van der Waals surface area contributed by atoms with E-state index in [4.69, 9.17) is 20.3 Å². The molecule has 3 heterocycles. The predicted molar refractivity (Wildman–Crippen MR) is 92.9 cm³/mol. The zero-order valence-electron chi connectivity index (χ0n) is 14.5. The quantitative estimate of drug-likeness (QED) is 0.293. The molecule has 2 aromatic rings. The molecular formula is C12H17FN4O10P2. The number of anilines is 1. The zero-order valence-corrected chi connectivity index (χ0v) is 16.3. The van der Waals surface area contributed by atoms with E-state index < -0.39 is 52.4 Å². The number of phosphoric ester groups is 1. The Hall–Kier alpha value is -1.67. The first-order chi connectivity index (χ1) is 13.3. The van der Waals surface area contributed by atoms with E-state index in [2.05, 4.69) is 18.8 Å². The molecule has 17 heteroatoms. The third-order valence-corrected chi connectivity index (χ3v) is 6.30. The number of alkyl halides is 1. The van der Waals surface area contributed by atoms with Gasteiger partial charge in [-0.1, -0.05) is 0 Å². The molecule has 1 unspecified atom stereocenters. The molecule has 1 aliphatic rings. The molecule has 0 aromatic carbocycles. The number of hydrogen-bond acceptors (Lipinski definition) is 9. The average Bonchev–Trinajstić information content (AvgIpc) is 3.14. The molecule has 162 valence electrons. The van der Waals surface area contributed by atoms with Crippen molar-refractivity contribution < 1.29 is 46.9 Å². The van der Waals surface area contributed by atoms with Gasteiger partial charge in [-0.2, -0.15) is 9.29 Å². The smallest absolute Gasteiger partial charge is 0.391 e. The molecule has 0 spiro atoms. The van der Waals surface area contributed by atoms with Gasteiger partial charge in [0.25, 0.3) is 5.56 Å². The van der Waals surface area contributed by atoms with Crippen LogP contribution in [0.1, 0.15) is 12.8 Å². The highest BCUT2D eigenvalue weighted by atomic mass is 31.3. The van der Waals surface area contributed by atoms with Gasteiger partial charge in [0.05, 0.1) is 12.0 Å². The summed E-state index contributed by atoms with van der Waals surface area (Å²) < 4.78 is 51.6. The fourth-order valence-corrected chi connectivity index (χ4v) is 4.61. The number of nitrogens with one attached hydrogen (secondary N) is 1. The van der Waals surface area contributed by atoms with Crippen molar-refractivity contribution in [3.05, 3.63) is 22.6 Å². The number of halogens is 1. The van der Waals surface area contributed by atoms with Crippen molar-refractivity contribution in [1.82, 2.24) is 14.5 Å². The first-order valence-corrected chi connectivity index (χ1v) is 10.9. The van der Waals surface area contributed by atoms with Gasteiger partial charge in [-0.25, -0.2) is 13.5 Å². The highest BCUT2D eigenvalue weighted by molar-refractivity contribution is 7.60. The molecule has 1 saturated heterocycles. The fourth-order valence-electron chi connectivity index (χ4n) is 2.99. The van der Waals surface area contributed by atoms with Crippen molar-refractivity contribution in [1.29, 1.82) is 0 Å². The van der Waals surface area contributed by atoms with Crippen molar-refractivity contribution in [2.24, 2.45) is 0 Å². The molecular weight excluding hydrogens is 441 g/mol. The van der Waals surface area contributed by atoms with Gasteiger partial charge < -0.3 is 34.8 Å². The van der Waals surface area contributed by atoms with Crippen molar-refractivity contribution in [2.75, 3.05) is 18.9 Å². The number of aromatic amines is 1. The third-order valence-electron chi connectivity index (χ3n) is 4.17. The molecule has 3 atom stereocenters. The second-order valence-electron chi connectivity index (χ2n) is 6.28. The lowest BCUT2D eigenvalue weighted by molar-refractivity contribution is -0.231. The van der Waals surface area contributed by atoms with Gasteiger partial charge in [-0.3, -0.25) is 14.3 Å². The van der Waals surface area contributed by atoms with E-state index in [-0.39, 0.29) is 23.4 Å². The molecule has 29 heavy (non-hydrogen) atoms. The van der Waals surface area contributed by atoms with Crippen LogP contribution in [-0.4, -0.2) is 53.4 Å². The molecule has 1 aliphatic heterocycles. The standard InChI is InChI=1S/C12H17FN4O10P2/c13-11(6-25-29(23,24)27-28(20,21)22)2-3-12(5-18,26-11)17-4-1-7-8(17)15-10(14)16-9(7)19/h1,4,18H,2-3,5-6H2,(H,23,24)(H2,20,21,22)(H3,14,15,16,19)/t11-,12-/m0/s1. The lowest BCUT2D eigenvalue weighted by Gasteiger charge is -2.31. The summed E-state index contributed by atoms with van der Waals surface area (Å²) in [6.45, 7) is -2.01. The molecule has 1 fully saturated rings. The summed E-state index contributed by atoms with van der Waals surface area (Å²) in [5.74, 6) is -2.96. The normalized spacial score (nSPS) is 27.3. The Kier molecular flexibility index (Phi) is 5.49. The minimum atomic E-state index is -5.38. The minimum Gasteiger partial charge on any atom is -0.391 e. The van der Waals surface area contributed by atoms with Gasteiger partial charge in [0.1, 0.15) is 6.61 Å². The van der Waals surface area contributed by atoms with Crippen molar-refractivity contribution in [2.45, 2.75) is 24.4 Å². The molecule has 3 rings (SSSR count). The summed E-state index contributed by atoms with van der Waals surface area (Å²) in [6.07, 6.45) is 0.710. The summed E-state index contributed by atoms with van der Waals surface area (Å²) >= 11 is 0. The number of aromatic nitrogens is 3. The van der Waals surface area contributed by atoms with E-state index >= 15 is 4.39 Å². The van der Waals surface area contributed by atoms with Crippen molar-refractivity contribution >= 4 is 32.6 Å². The fraction of sp³-hybridized carbons (Fsp3) is 0.500. The Balaban J connectivity index is 1.86. The number of rotatable bonds is 7. The number of phosphoric acid groups is 2. The van der Waals surface area contributed by atoms with Crippen LogP contribution in [0.3, 0.4) is 0 Å². The van der Waals surface area contributed by atoms with Gasteiger partial charge >= 0.3 is 15.6 Å². The summed E-state index contributed by atoms with van der Waals surface area (Å²) in [5, 5.41) is 9.96. The number of H-pyrrole nitrogens is 1. The number of aliphatic hydroxyl groups excluding tert-OH is 1. The number of ether oxygens (including phenoxy) is 1. The SMILES string of the molecule is Nc1nc2c(ccn2[C@@]2(CO)CC[C@@](F)(COP(=O)(O)OP(=O)(O)O)O2)c(=O)[nH]1. The molecule has 0 aliphatic carbocycles. The number of nitrogens with zero attached hydrogens (tertiary/aromatic N) is 2. The van der Waals surface area contributed by atoms with Crippen LogP contribution in [0.2, 0.25) is 0 Å². The van der Waals surface area contributed by atoms with Crippen molar-refractivity contribution in [3.63, 3.8) is 0 Å². The largest absolute Gasteiger partial charge is 0.481 e. The maximum absolute atomic E-state index is 15.0. The van der Waals surface area contributed by atoms with Gasteiger partial charge in [0.15, 0.2) is 11.4 Å². The molecule has 7 N–H and O–H groups in total. The third kappa shape index (κ3) is 4.58. The predicted octanol–water partition coefficient (Wildman–Crippen LogP) is -0.346. The van der Waals surface area contributed by atoms with Crippen LogP contribution in [0.4, 0.5) is 10.3 Å². The van der Waals surface area contributed by atoms with Crippen LogP contribution < -0.4 is 11.3 Å². The van der Waals surface area contributed by atoms with E-state index in [0.29, 0.717) is 0 Å². The highest BCUT2D eigenvalue weighted by Crippen LogP contribution is 2.58. The minimum absolute atomic E-state index is 0.00290. The molecule has 0 amide bonds. The van der Waals surface area contributed by atoms with E-state index in [1.165, 1.54) is 16.8 Å². The lowest BCUT2D eigenvalue weighted by Crippen LogP contribution is -2.41. The highest BCUT2D eigenvalue weighted by Gasteiger charge is 2.53. The van der Waals surface area contributed by atoms with E-state index in [9.17, 15) is 23.9 Å². The first kappa shape index (κ1) is 22.0. The van der Waals surface area contributed by atoms with Crippen LogP contribution in [0.15, 0.2) is 17.1 Å². The number of nitrogens with two attached hydrogens (primary N) is 1. The summed E-state index contributed by atoms with van der Waals surface area (Å²) in [4.78, 5) is 44.6. The van der Waals surface area contributed by atoms with Crippen LogP contribution >= 0.6 is 15.6 Å². The summed E-state index contributed by atoms with van der Waals surface area (Å²) in [7, 11) is -10.7. The molecule has 0 bridgehead atoms. The molecule has 14 nitrogen and oxygen atoms in total. The Morgan fingerprint density at radius 1 is 1.38 bits per heavy atom. The van der Waals surface area contributed by atoms with Gasteiger partial charge in [-0.15, -0.1) is 0 Å². The number of fused-ring (bicyclic) bond motifs is 1. The number of nitrogen functional groups attached to an aromatic ring is 1. The monoisotopic (exact) mass is 458 g/mol. The van der Waals surface area contributed by atoms with Crippen molar-refractivity contribution in [3.8, 4) is 0 Å².